The van der Waals surface area contributed by atoms with E-state index in [9.17, 15) is 4.79 Å². The van der Waals surface area contributed by atoms with Gasteiger partial charge >= 0.3 is 0 Å². The van der Waals surface area contributed by atoms with Gasteiger partial charge < -0.3 is 4.74 Å². The van der Waals surface area contributed by atoms with Crippen LogP contribution in [0.15, 0.2) is 18.2 Å². The van der Waals surface area contributed by atoms with Crippen LogP contribution in [0.3, 0.4) is 0 Å². The van der Waals surface area contributed by atoms with E-state index in [0.717, 1.165) is 18.4 Å². The first kappa shape index (κ1) is 22.8. The largest absolute Gasteiger partial charge is 0.483 e. The van der Waals surface area contributed by atoms with Gasteiger partial charge in [0.15, 0.2) is 6.61 Å². The van der Waals surface area contributed by atoms with Crippen molar-refractivity contribution >= 4 is 17.5 Å². The minimum atomic E-state index is -0.712. The van der Waals surface area contributed by atoms with Crippen molar-refractivity contribution in [2.45, 2.75) is 90.4 Å². The van der Waals surface area contributed by atoms with Crippen LogP contribution in [0.4, 0.5) is 0 Å². The number of rotatable bonds is 16. The minimum absolute atomic E-state index is 0.201. The molecule has 0 spiro atoms. The number of amides is 1. The van der Waals surface area contributed by atoms with E-state index in [1.165, 1.54) is 70.6 Å². The number of halogens is 1. The van der Waals surface area contributed by atoms with Crippen LogP contribution in [0.5, 0.6) is 5.75 Å². The molecule has 0 aliphatic rings. The number of benzene rings is 1. The zero-order chi connectivity index (χ0) is 19.0. The van der Waals surface area contributed by atoms with Crippen LogP contribution in [0.1, 0.15) is 89.5 Å². The molecular weight excluding hydrogens is 346 g/mol. The van der Waals surface area contributed by atoms with E-state index < -0.39 is 5.91 Å². The number of carbonyl (C=O) groups is 1. The second kappa shape index (κ2) is 14.9. The minimum Gasteiger partial charge on any atom is -0.483 e. The molecule has 0 aromatic heterocycles. The van der Waals surface area contributed by atoms with E-state index in [-0.39, 0.29) is 6.61 Å². The molecule has 0 fully saturated rings. The molecule has 0 aliphatic heterocycles. The zero-order valence-corrected chi connectivity index (χ0v) is 17.1. The van der Waals surface area contributed by atoms with Crippen LogP contribution in [0.2, 0.25) is 5.02 Å². The van der Waals surface area contributed by atoms with Gasteiger partial charge in [0, 0.05) is 5.02 Å². The average Bonchev–Trinajstić information content (AvgIpc) is 2.61. The molecule has 0 bridgehead atoms. The summed E-state index contributed by atoms with van der Waals surface area (Å²) in [5.41, 5.74) is 7.99. The standard InChI is InChI=1S/C22H35ClNO2/c1-2-3-4-5-6-7-8-9-10-11-12-13-14-19-17-20(23)15-16-21(19)26-18-22(24)25/h15-17,24H,2-14,18H2,1H3. The molecule has 0 atom stereocenters. The number of nitrogens with one attached hydrogen (secondary N) is 1. The first-order chi connectivity index (χ1) is 12.6. The molecule has 4 heteroatoms. The lowest BCUT2D eigenvalue weighted by molar-refractivity contribution is -0.120. The molecule has 1 N–H and O–H groups in total. The molecular formula is C22H35ClNO2. The number of unbranched alkanes of at least 4 members (excludes halogenated alkanes) is 11. The lowest BCUT2D eigenvalue weighted by Crippen LogP contribution is -2.12. The fourth-order valence-electron chi connectivity index (χ4n) is 3.18. The maximum Gasteiger partial charge on any atom is 0.276 e. The second-order valence-electron chi connectivity index (χ2n) is 7.10. The predicted molar refractivity (Wildman–Crippen MR) is 110 cm³/mol. The Kier molecular flexibility index (Phi) is 13.1. The number of ether oxygens (including phenoxy) is 1. The van der Waals surface area contributed by atoms with Crippen molar-refractivity contribution in [1.82, 2.24) is 5.73 Å². The molecule has 0 saturated heterocycles. The number of aryl methyl sites for hydroxylation is 1. The first-order valence-electron chi connectivity index (χ1n) is 10.3. The summed E-state index contributed by atoms with van der Waals surface area (Å²) in [5.74, 6) is -0.0330. The maximum absolute atomic E-state index is 10.8. The fraction of sp³-hybridized carbons (Fsp3) is 0.682. The van der Waals surface area contributed by atoms with Crippen LogP contribution >= 0.6 is 11.6 Å². The quantitative estimate of drug-likeness (QED) is 0.297. The zero-order valence-electron chi connectivity index (χ0n) is 16.3. The van der Waals surface area contributed by atoms with Crippen molar-refractivity contribution < 1.29 is 9.53 Å². The third kappa shape index (κ3) is 11.4. The maximum atomic E-state index is 10.8. The molecule has 1 amide bonds. The van der Waals surface area contributed by atoms with Crippen LogP contribution in [0, 0.1) is 0 Å². The van der Waals surface area contributed by atoms with Gasteiger partial charge in [0.1, 0.15) is 5.75 Å². The highest BCUT2D eigenvalue weighted by Crippen LogP contribution is 2.25. The van der Waals surface area contributed by atoms with Crippen molar-refractivity contribution in [3.63, 3.8) is 0 Å². The Bertz CT molecular complexity index is 505. The Balaban J connectivity index is 2.10. The summed E-state index contributed by atoms with van der Waals surface area (Å²) < 4.78 is 5.42. The third-order valence-corrected chi connectivity index (χ3v) is 4.92. The van der Waals surface area contributed by atoms with Crippen molar-refractivity contribution in [3.8, 4) is 5.75 Å². The van der Waals surface area contributed by atoms with Crippen molar-refractivity contribution in [2.75, 3.05) is 6.61 Å². The number of hydrogen-bond acceptors (Lipinski definition) is 2. The first-order valence-corrected chi connectivity index (χ1v) is 10.7. The predicted octanol–water partition coefficient (Wildman–Crippen LogP) is 6.77. The Hall–Kier alpha value is -1.22. The molecule has 0 heterocycles. The van der Waals surface area contributed by atoms with Gasteiger partial charge in [-0.1, -0.05) is 89.2 Å². The second-order valence-corrected chi connectivity index (χ2v) is 7.54. The average molecular weight is 381 g/mol. The van der Waals surface area contributed by atoms with Crippen LogP contribution in [-0.2, 0) is 11.2 Å². The Morgan fingerprint density at radius 2 is 1.46 bits per heavy atom. The molecule has 26 heavy (non-hydrogen) atoms. The number of hydrogen-bond donors (Lipinski definition) is 0. The van der Waals surface area contributed by atoms with Gasteiger partial charge in [0.25, 0.3) is 5.91 Å². The van der Waals surface area contributed by atoms with E-state index >= 15 is 0 Å². The molecule has 1 aromatic carbocycles. The molecule has 0 unspecified atom stereocenters. The summed E-state index contributed by atoms with van der Waals surface area (Å²) in [4.78, 5) is 10.8. The van der Waals surface area contributed by atoms with Gasteiger partial charge in [-0.2, -0.15) is 0 Å². The Morgan fingerprint density at radius 3 is 2.00 bits per heavy atom. The highest BCUT2D eigenvalue weighted by Gasteiger charge is 2.06. The molecule has 0 saturated carbocycles. The van der Waals surface area contributed by atoms with Gasteiger partial charge in [0.2, 0.25) is 0 Å². The Labute approximate surface area is 164 Å². The van der Waals surface area contributed by atoms with Gasteiger partial charge in [-0.05, 0) is 36.6 Å². The molecule has 1 rings (SSSR count). The lowest BCUT2D eigenvalue weighted by Gasteiger charge is -2.11. The smallest absolute Gasteiger partial charge is 0.276 e. The summed E-state index contributed by atoms with van der Waals surface area (Å²) in [6.45, 7) is 2.06. The van der Waals surface area contributed by atoms with Crippen LogP contribution in [0.25, 0.3) is 0 Å². The van der Waals surface area contributed by atoms with Gasteiger partial charge in [-0.25, -0.2) is 0 Å². The topological polar surface area (TPSA) is 50.1 Å². The summed E-state index contributed by atoms with van der Waals surface area (Å²) in [5, 5.41) is 0.684. The van der Waals surface area contributed by atoms with Gasteiger partial charge in [-0.15, -0.1) is 0 Å². The van der Waals surface area contributed by atoms with Crippen molar-refractivity contribution in [2.24, 2.45) is 0 Å². The molecule has 1 aromatic rings. The van der Waals surface area contributed by atoms with E-state index in [1.54, 1.807) is 12.1 Å². The van der Waals surface area contributed by atoms with Crippen LogP contribution in [-0.4, -0.2) is 12.5 Å². The van der Waals surface area contributed by atoms with E-state index in [4.69, 9.17) is 22.1 Å². The summed E-state index contributed by atoms with van der Waals surface area (Å²) >= 11 is 6.07. The molecule has 1 radical (unpaired) electrons. The third-order valence-electron chi connectivity index (χ3n) is 4.68. The summed E-state index contributed by atoms with van der Waals surface area (Å²) in [6.07, 6.45) is 16.8. The van der Waals surface area contributed by atoms with E-state index in [1.807, 2.05) is 6.07 Å². The molecule has 0 aliphatic carbocycles. The van der Waals surface area contributed by atoms with Gasteiger partial charge in [-0.3, -0.25) is 10.5 Å². The van der Waals surface area contributed by atoms with E-state index in [2.05, 4.69) is 6.92 Å². The summed E-state index contributed by atoms with van der Waals surface area (Å²) in [6, 6.07) is 5.46. The van der Waals surface area contributed by atoms with Gasteiger partial charge in [0.05, 0.1) is 0 Å². The van der Waals surface area contributed by atoms with Crippen molar-refractivity contribution in [3.05, 3.63) is 28.8 Å². The van der Waals surface area contributed by atoms with Crippen molar-refractivity contribution in [1.29, 1.82) is 0 Å². The Morgan fingerprint density at radius 1 is 0.923 bits per heavy atom. The number of carbonyl (C=O) groups excluding carboxylic acids is 1. The highest BCUT2D eigenvalue weighted by atomic mass is 35.5. The molecule has 3 nitrogen and oxygen atoms in total. The highest BCUT2D eigenvalue weighted by molar-refractivity contribution is 6.30. The summed E-state index contributed by atoms with van der Waals surface area (Å²) in [7, 11) is 0. The van der Waals surface area contributed by atoms with E-state index in [0.29, 0.717) is 10.8 Å². The SMILES string of the molecule is CCCCCCCCCCCCCCc1cc(Cl)ccc1OCC([NH])=O. The fourth-order valence-corrected chi connectivity index (χ4v) is 3.38. The lowest BCUT2D eigenvalue weighted by atomic mass is 10.0. The normalized spacial score (nSPS) is 10.8. The monoisotopic (exact) mass is 380 g/mol. The van der Waals surface area contributed by atoms with Crippen LogP contribution < -0.4 is 10.5 Å². The molecule has 147 valence electrons.